The minimum absolute atomic E-state index is 0.348. The number of rotatable bonds is 4. The van der Waals surface area contributed by atoms with Gasteiger partial charge in [-0.05, 0) is 47.5 Å². The van der Waals surface area contributed by atoms with Crippen molar-refractivity contribution in [1.82, 2.24) is 0 Å². The number of fused-ring (bicyclic) bond motifs is 1. The Balaban J connectivity index is 1.57. The maximum atomic E-state index is 12.7. The van der Waals surface area contributed by atoms with E-state index in [9.17, 15) is 9.59 Å². The highest BCUT2D eigenvalue weighted by Gasteiger charge is 2.34. The summed E-state index contributed by atoms with van der Waals surface area (Å²) in [7, 11) is 0. The third-order valence-electron chi connectivity index (χ3n) is 5.01. The maximum absolute atomic E-state index is 12.7. The Morgan fingerprint density at radius 3 is 1.50 bits per heavy atom. The fraction of sp³-hybridized carbons (Fsp3) is 0.167. The van der Waals surface area contributed by atoms with Crippen molar-refractivity contribution in [3.8, 4) is 0 Å². The molecule has 3 aromatic rings. The lowest BCUT2D eigenvalue weighted by atomic mass is 9.87. The average Bonchev–Trinajstić information content (AvgIpc) is 2.74. The van der Waals surface area contributed by atoms with Gasteiger partial charge in [-0.2, -0.15) is 0 Å². The van der Waals surface area contributed by atoms with E-state index in [1.807, 2.05) is 24.3 Å². The third-order valence-corrected chi connectivity index (χ3v) is 5.48. The zero-order valence-corrected chi connectivity index (χ0v) is 17.4. The Labute approximate surface area is 184 Å². The number of halogens is 2. The first-order valence-electron chi connectivity index (χ1n) is 9.49. The summed E-state index contributed by atoms with van der Waals surface area (Å²) in [6.45, 7) is 0. The van der Waals surface area contributed by atoms with E-state index < -0.39 is 24.1 Å². The van der Waals surface area contributed by atoms with E-state index in [0.717, 1.165) is 11.1 Å². The summed E-state index contributed by atoms with van der Waals surface area (Å²) >= 11 is 12.0. The summed E-state index contributed by atoms with van der Waals surface area (Å²) < 4.78 is 11.5. The number of benzene rings is 3. The largest absolute Gasteiger partial charge is 0.454 e. The predicted molar refractivity (Wildman–Crippen MR) is 115 cm³/mol. The second kappa shape index (κ2) is 8.90. The molecule has 6 heteroatoms. The number of esters is 2. The Morgan fingerprint density at radius 1 is 0.667 bits per heavy atom. The van der Waals surface area contributed by atoms with Crippen LogP contribution in [0.2, 0.25) is 10.0 Å². The van der Waals surface area contributed by atoms with Crippen LogP contribution < -0.4 is 0 Å². The molecule has 0 saturated carbocycles. The molecule has 152 valence electrons. The van der Waals surface area contributed by atoms with Crippen molar-refractivity contribution in [2.75, 3.05) is 0 Å². The molecule has 0 saturated heterocycles. The molecular formula is C24H18Cl2O4. The Bertz CT molecular complexity index is 1010. The number of hydrogen-bond donors (Lipinski definition) is 0. The van der Waals surface area contributed by atoms with E-state index in [-0.39, 0.29) is 0 Å². The molecule has 30 heavy (non-hydrogen) atoms. The molecular weight excluding hydrogens is 423 g/mol. The maximum Gasteiger partial charge on any atom is 0.338 e. The topological polar surface area (TPSA) is 52.6 Å². The van der Waals surface area contributed by atoms with Crippen LogP contribution >= 0.6 is 23.2 Å². The van der Waals surface area contributed by atoms with Crippen LogP contribution in [0.25, 0.3) is 0 Å². The Hall–Kier alpha value is -2.82. The summed E-state index contributed by atoms with van der Waals surface area (Å²) in [5, 5.41) is 0.893. The SMILES string of the molecule is O=C(O[C@H]1Cc2ccccc2C[C@H]1OC(=O)c1cccc(Cl)c1)c1cccc(Cl)c1. The molecule has 0 spiro atoms. The molecule has 2 atom stereocenters. The molecule has 1 aliphatic rings. The first-order chi connectivity index (χ1) is 14.5. The van der Waals surface area contributed by atoms with E-state index in [4.69, 9.17) is 32.7 Å². The van der Waals surface area contributed by atoms with Crippen LogP contribution in [0.15, 0.2) is 72.8 Å². The van der Waals surface area contributed by atoms with Crippen molar-refractivity contribution < 1.29 is 19.1 Å². The lowest BCUT2D eigenvalue weighted by Crippen LogP contribution is -2.41. The summed E-state index contributed by atoms with van der Waals surface area (Å²) in [5.41, 5.74) is 2.83. The summed E-state index contributed by atoms with van der Waals surface area (Å²) in [6, 6.07) is 21.0. The minimum atomic E-state index is -0.616. The molecule has 3 aromatic carbocycles. The van der Waals surface area contributed by atoms with E-state index in [1.54, 1.807) is 48.5 Å². The molecule has 0 amide bonds. The molecule has 0 radical (unpaired) electrons. The van der Waals surface area contributed by atoms with Crippen molar-refractivity contribution in [3.05, 3.63) is 105 Å². The number of carbonyl (C=O) groups excluding carboxylic acids is 2. The zero-order valence-electron chi connectivity index (χ0n) is 15.9. The monoisotopic (exact) mass is 440 g/mol. The van der Waals surface area contributed by atoms with Crippen LogP contribution in [-0.2, 0) is 22.3 Å². The van der Waals surface area contributed by atoms with Gasteiger partial charge in [0.05, 0.1) is 11.1 Å². The lowest BCUT2D eigenvalue weighted by Gasteiger charge is -2.32. The van der Waals surface area contributed by atoms with Gasteiger partial charge in [0.25, 0.3) is 0 Å². The molecule has 0 fully saturated rings. The number of carbonyl (C=O) groups is 2. The quantitative estimate of drug-likeness (QED) is 0.499. The van der Waals surface area contributed by atoms with Crippen molar-refractivity contribution in [3.63, 3.8) is 0 Å². The highest BCUT2D eigenvalue weighted by Crippen LogP contribution is 2.27. The van der Waals surface area contributed by atoms with Crippen LogP contribution in [0.4, 0.5) is 0 Å². The highest BCUT2D eigenvalue weighted by molar-refractivity contribution is 6.31. The fourth-order valence-corrected chi connectivity index (χ4v) is 3.91. The van der Waals surface area contributed by atoms with Crippen LogP contribution in [0.3, 0.4) is 0 Å². The van der Waals surface area contributed by atoms with E-state index in [1.165, 1.54) is 0 Å². The molecule has 0 unspecified atom stereocenters. The van der Waals surface area contributed by atoms with Crippen LogP contribution in [0, 0.1) is 0 Å². The van der Waals surface area contributed by atoms with Gasteiger partial charge in [-0.15, -0.1) is 0 Å². The fourth-order valence-electron chi connectivity index (χ4n) is 3.53. The minimum Gasteiger partial charge on any atom is -0.454 e. The molecule has 4 nitrogen and oxygen atoms in total. The summed E-state index contributed by atoms with van der Waals surface area (Å²) in [4.78, 5) is 25.4. The van der Waals surface area contributed by atoms with Gasteiger partial charge >= 0.3 is 11.9 Å². The van der Waals surface area contributed by atoms with Gasteiger partial charge in [0.2, 0.25) is 0 Å². The normalized spacial score (nSPS) is 17.7. The standard InChI is InChI=1S/C24H18Cl2O4/c25-19-9-3-7-17(11-19)23(27)29-21-13-15-5-1-2-6-16(15)14-22(21)30-24(28)18-8-4-10-20(26)12-18/h1-12,21-22H,13-14H2/t21-,22+. The first-order valence-corrected chi connectivity index (χ1v) is 10.2. The molecule has 0 aromatic heterocycles. The molecule has 0 N–H and O–H groups in total. The van der Waals surface area contributed by atoms with Crippen LogP contribution in [0.5, 0.6) is 0 Å². The lowest BCUT2D eigenvalue weighted by molar-refractivity contribution is -0.0389. The predicted octanol–water partition coefficient (Wildman–Crippen LogP) is 5.54. The molecule has 0 aliphatic heterocycles. The Morgan fingerprint density at radius 2 is 1.10 bits per heavy atom. The van der Waals surface area contributed by atoms with Crippen molar-refractivity contribution in [1.29, 1.82) is 0 Å². The van der Waals surface area contributed by atoms with Crippen LogP contribution in [0.1, 0.15) is 31.8 Å². The Kier molecular flexibility index (Phi) is 6.07. The summed E-state index contributed by atoms with van der Waals surface area (Å²) in [5.74, 6) is -1.02. The molecule has 0 bridgehead atoms. The second-order valence-corrected chi connectivity index (χ2v) is 7.96. The van der Waals surface area contributed by atoms with E-state index >= 15 is 0 Å². The van der Waals surface area contributed by atoms with Gasteiger partial charge in [-0.1, -0.05) is 59.6 Å². The van der Waals surface area contributed by atoms with Gasteiger partial charge in [0.15, 0.2) is 0 Å². The number of hydrogen-bond acceptors (Lipinski definition) is 4. The van der Waals surface area contributed by atoms with Gasteiger partial charge in [-0.3, -0.25) is 0 Å². The molecule has 0 heterocycles. The summed E-state index contributed by atoms with van der Waals surface area (Å²) in [6.07, 6.45) is -0.324. The van der Waals surface area contributed by atoms with E-state index in [0.29, 0.717) is 34.0 Å². The van der Waals surface area contributed by atoms with Crippen LogP contribution in [-0.4, -0.2) is 24.1 Å². The smallest absolute Gasteiger partial charge is 0.338 e. The van der Waals surface area contributed by atoms with Crippen molar-refractivity contribution in [2.24, 2.45) is 0 Å². The van der Waals surface area contributed by atoms with Gasteiger partial charge in [0, 0.05) is 22.9 Å². The van der Waals surface area contributed by atoms with Gasteiger partial charge in [0.1, 0.15) is 12.2 Å². The average molecular weight is 441 g/mol. The van der Waals surface area contributed by atoms with Gasteiger partial charge < -0.3 is 9.47 Å². The van der Waals surface area contributed by atoms with Gasteiger partial charge in [-0.25, -0.2) is 9.59 Å². The van der Waals surface area contributed by atoms with Crippen molar-refractivity contribution >= 4 is 35.1 Å². The molecule has 1 aliphatic carbocycles. The number of ether oxygens (including phenoxy) is 2. The molecule has 4 rings (SSSR count). The zero-order chi connectivity index (χ0) is 21.1. The van der Waals surface area contributed by atoms with Crippen molar-refractivity contribution in [2.45, 2.75) is 25.0 Å². The first kappa shape index (κ1) is 20.5. The second-order valence-electron chi connectivity index (χ2n) is 7.09. The highest BCUT2D eigenvalue weighted by atomic mass is 35.5. The van der Waals surface area contributed by atoms with E-state index in [2.05, 4.69) is 0 Å². The third kappa shape index (κ3) is 4.66.